The van der Waals surface area contributed by atoms with Crippen molar-refractivity contribution in [3.8, 4) is 11.5 Å². The number of ether oxygens (including phenoxy) is 1. The zero-order valence-electron chi connectivity index (χ0n) is 11.1. The number of nitrogens with zero attached hydrogens (tertiary/aromatic N) is 1. The Hall–Kier alpha value is -2.27. The smallest absolute Gasteiger partial charge is 0.273 e. The van der Waals surface area contributed by atoms with Gasteiger partial charge < -0.3 is 10.5 Å². The standard InChI is InChI=1S/C14H14N2O3.ClH/c1-9-5-10(2)7-12(6-9)19-14-8-11(16(17)18)3-4-13(14)15;/h3-8H,15H2,1-2H3;1H. The van der Waals surface area contributed by atoms with E-state index in [9.17, 15) is 10.1 Å². The van der Waals surface area contributed by atoms with Gasteiger partial charge in [-0.3, -0.25) is 10.1 Å². The molecule has 0 aliphatic rings. The van der Waals surface area contributed by atoms with Gasteiger partial charge in [0.05, 0.1) is 16.7 Å². The van der Waals surface area contributed by atoms with Gasteiger partial charge in [0, 0.05) is 6.07 Å². The number of rotatable bonds is 3. The second-order valence-corrected chi connectivity index (χ2v) is 4.40. The molecule has 0 unspecified atom stereocenters. The molecule has 0 fully saturated rings. The van der Waals surface area contributed by atoms with Crippen LogP contribution in [0, 0.1) is 24.0 Å². The van der Waals surface area contributed by atoms with Crippen LogP contribution >= 0.6 is 12.4 Å². The highest BCUT2D eigenvalue weighted by molar-refractivity contribution is 5.85. The maximum absolute atomic E-state index is 10.7. The second kappa shape index (κ2) is 6.25. The van der Waals surface area contributed by atoms with E-state index in [1.54, 1.807) is 0 Å². The van der Waals surface area contributed by atoms with Crippen LogP contribution in [0.2, 0.25) is 0 Å². The zero-order chi connectivity index (χ0) is 14.0. The minimum absolute atomic E-state index is 0. The van der Waals surface area contributed by atoms with Crippen molar-refractivity contribution in [3.05, 3.63) is 57.6 Å². The van der Waals surface area contributed by atoms with Crippen molar-refractivity contribution in [2.24, 2.45) is 0 Å². The monoisotopic (exact) mass is 294 g/mol. The highest BCUT2D eigenvalue weighted by atomic mass is 35.5. The Bertz CT molecular complexity index is 624. The lowest BCUT2D eigenvalue weighted by molar-refractivity contribution is -0.384. The van der Waals surface area contributed by atoms with Gasteiger partial charge in [0.15, 0.2) is 5.75 Å². The molecule has 2 rings (SSSR count). The molecule has 0 saturated carbocycles. The maximum Gasteiger partial charge on any atom is 0.273 e. The molecule has 106 valence electrons. The predicted octanol–water partition coefficient (Wildman–Crippen LogP) is 4.01. The van der Waals surface area contributed by atoms with Crippen LogP contribution in [0.5, 0.6) is 11.5 Å². The molecule has 0 heterocycles. The maximum atomic E-state index is 10.7. The number of halogens is 1. The van der Waals surface area contributed by atoms with Crippen LogP contribution in [0.3, 0.4) is 0 Å². The summed E-state index contributed by atoms with van der Waals surface area (Å²) in [6.45, 7) is 3.91. The van der Waals surface area contributed by atoms with E-state index in [1.807, 2.05) is 32.0 Å². The normalized spacial score (nSPS) is 9.70. The van der Waals surface area contributed by atoms with Gasteiger partial charge in [0.25, 0.3) is 5.69 Å². The third-order valence-corrected chi connectivity index (χ3v) is 2.63. The number of hydrogen-bond acceptors (Lipinski definition) is 4. The fourth-order valence-electron chi connectivity index (χ4n) is 1.84. The molecule has 0 aliphatic carbocycles. The number of nitro benzene ring substituents is 1. The SMILES string of the molecule is Cc1cc(C)cc(Oc2cc([N+](=O)[O-])ccc2N)c1.Cl. The van der Waals surface area contributed by atoms with Gasteiger partial charge in [0.1, 0.15) is 5.75 Å². The Morgan fingerprint density at radius 2 is 1.70 bits per heavy atom. The third-order valence-electron chi connectivity index (χ3n) is 2.63. The lowest BCUT2D eigenvalue weighted by Crippen LogP contribution is -1.95. The number of nitro groups is 1. The molecule has 6 heteroatoms. The average Bonchev–Trinajstić information content (AvgIpc) is 2.30. The van der Waals surface area contributed by atoms with Gasteiger partial charge in [-0.25, -0.2) is 0 Å². The summed E-state index contributed by atoms with van der Waals surface area (Å²) in [6.07, 6.45) is 0. The number of non-ortho nitro benzene ring substituents is 1. The van der Waals surface area contributed by atoms with Crippen LogP contribution in [0.15, 0.2) is 36.4 Å². The predicted molar refractivity (Wildman–Crippen MR) is 80.7 cm³/mol. The lowest BCUT2D eigenvalue weighted by Gasteiger charge is -2.09. The van der Waals surface area contributed by atoms with E-state index in [-0.39, 0.29) is 18.1 Å². The summed E-state index contributed by atoms with van der Waals surface area (Å²) < 4.78 is 5.63. The third kappa shape index (κ3) is 3.61. The fourth-order valence-corrected chi connectivity index (χ4v) is 1.84. The molecule has 0 radical (unpaired) electrons. The molecule has 0 spiro atoms. The van der Waals surface area contributed by atoms with Crippen molar-refractivity contribution in [2.45, 2.75) is 13.8 Å². The molecule has 0 atom stereocenters. The molecule has 0 amide bonds. The summed E-state index contributed by atoms with van der Waals surface area (Å²) in [5.74, 6) is 0.906. The Labute approximate surface area is 122 Å². The minimum atomic E-state index is -0.478. The summed E-state index contributed by atoms with van der Waals surface area (Å²) >= 11 is 0. The molecule has 0 aliphatic heterocycles. The first kappa shape index (κ1) is 15.8. The highest BCUT2D eigenvalue weighted by Crippen LogP contribution is 2.31. The molecule has 20 heavy (non-hydrogen) atoms. The average molecular weight is 295 g/mol. The first-order valence-electron chi connectivity index (χ1n) is 5.76. The van der Waals surface area contributed by atoms with Crippen LogP contribution in [0.1, 0.15) is 11.1 Å². The highest BCUT2D eigenvalue weighted by Gasteiger charge is 2.11. The Morgan fingerprint density at radius 1 is 1.10 bits per heavy atom. The second-order valence-electron chi connectivity index (χ2n) is 4.40. The number of anilines is 1. The van der Waals surface area contributed by atoms with E-state index in [0.29, 0.717) is 17.2 Å². The molecule has 2 aromatic carbocycles. The van der Waals surface area contributed by atoms with E-state index in [2.05, 4.69) is 0 Å². The van der Waals surface area contributed by atoms with Gasteiger partial charge >= 0.3 is 0 Å². The van der Waals surface area contributed by atoms with Crippen LogP contribution in [-0.4, -0.2) is 4.92 Å². The number of aryl methyl sites for hydroxylation is 2. The van der Waals surface area contributed by atoms with Gasteiger partial charge in [-0.1, -0.05) is 6.07 Å². The summed E-state index contributed by atoms with van der Waals surface area (Å²) in [4.78, 5) is 10.3. The molecule has 0 saturated heterocycles. The topological polar surface area (TPSA) is 78.4 Å². The van der Waals surface area contributed by atoms with Gasteiger partial charge in [-0.2, -0.15) is 0 Å². The van der Waals surface area contributed by atoms with Gasteiger partial charge in [-0.15, -0.1) is 12.4 Å². The van der Waals surface area contributed by atoms with Crippen molar-refractivity contribution in [1.82, 2.24) is 0 Å². The first-order valence-corrected chi connectivity index (χ1v) is 5.76. The molecule has 0 aromatic heterocycles. The summed E-state index contributed by atoms with van der Waals surface area (Å²) in [6, 6.07) is 9.87. The lowest BCUT2D eigenvalue weighted by atomic mass is 10.1. The van der Waals surface area contributed by atoms with E-state index in [0.717, 1.165) is 11.1 Å². The number of nitrogens with two attached hydrogens (primary N) is 1. The molecule has 2 N–H and O–H groups in total. The van der Waals surface area contributed by atoms with Crippen LogP contribution in [-0.2, 0) is 0 Å². The molecule has 0 bridgehead atoms. The van der Waals surface area contributed by atoms with E-state index < -0.39 is 4.92 Å². The van der Waals surface area contributed by atoms with Crippen LogP contribution < -0.4 is 10.5 Å². The quantitative estimate of drug-likeness (QED) is 0.527. The van der Waals surface area contributed by atoms with E-state index in [1.165, 1.54) is 18.2 Å². The van der Waals surface area contributed by atoms with Crippen molar-refractivity contribution >= 4 is 23.8 Å². The first-order chi connectivity index (χ1) is 8.95. The van der Waals surface area contributed by atoms with Crippen LogP contribution in [0.25, 0.3) is 0 Å². The summed E-state index contributed by atoms with van der Waals surface area (Å²) in [5, 5.41) is 10.7. The number of benzene rings is 2. The molecule has 2 aromatic rings. The van der Waals surface area contributed by atoms with Crippen molar-refractivity contribution in [1.29, 1.82) is 0 Å². The van der Waals surface area contributed by atoms with Crippen molar-refractivity contribution < 1.29 is 9.66 Å². The Balaban J connectivity index is 0.00000200. The van der Waals surface area contributed by atoms with Crippen molar-refractivity contribution in [2.75, 3.05) is 5.73 Å². The number of hydrogen-bond donors (Lipinski definition) is 1. The summed E-state index contributed by atoms with van der Waals surface area (Å²) in [7, 11) is 0. The fraction of sp³-hybridized carbons (Fsp3) is 0.143. The minimum Gasteiger partial charge on any atom is -0.455 e. The van der Waals surface area contributed by atoms with E-state index >= 15 is 0 Å². The molecular weight excluding hydrogens is 280 g/mol. The molecular formula is C14H15ClN2O3. The largest absolute Gasteiger partial charge is 0.455 e. The Kier molecular flexibility index (Phi) is 4.94. The summed E-state index contributed by atoms with van der Waals surface area (Å²) in [5.41, 5.74) is 8.19. The van der Waals surface area contributed by atoms with Gasteiger partial charge in [-0.05, 0) is 43.2 Å². The zero-order valence-corrected chi connectivity index (χ0v) is 11.9. The van der Waals surface area contributed by atoms with Gasteiger partial charge in [0.2, 0.25) is 0 Å². The Morgan fingerprint density at radius 3 is 2.25 bits per heavy atom. The van der Waals surface area contributed by atoms with E-state index in [4.69, 9.17) is 10.5 Å². The number of nitrogen functional groups attached to an aromatic ring is 1. The van der Waals surface area contributed by atoms with Crippen molar-refractivity contribution in [3.63, 3.8) is 0 Å². The van der Waals surface area contributed by atoms with Crippen LogP contribution in [0.4, 0.5) is 11.4 Å². The molecule has 5 nitrogen and oxygen atoms in total.